The SMILES string of the molecule is O=C(c1ccccc1F)N1CCc2c(nc([C@@H]3CCN(C(=O)C4CCC4)C3)[nH]c2=O)C1. The Morgan fingerprint density at radius 3 is 2.65 bits per heavy atom. The van der Waals surface area contributed by atoms with Crippen LogP contribution < -0.4 is 5.56 Å². The summed E-state index contributed by atoms with van der Waals surface area (Å²) in [6.45, 7) is 1.77. The summed E-state index contributed by atoms with van der Waals surface area (Å²) >= 11 is 0. The van der Waals surface area contributed by atoms with Crippen LogP contribution in [-0.2, 0) is 17.8 Å². The minimum absolute atomic E-state index is 0.0142. The van der Waals surface area contributed by atoms with Crippen molar-refractivity contribution in [2.24, 2.45) is 5.92 Å². The summed E-state index contributed by atoms with van der Waals surface area (Å²) in [5.41, 5.74) is 0.999. The third kappa shape index (κ3) is 3.64. The molecule has 1 aromatic heterocycles. The number of nitrogens with zero attached hydrogens (tertiary/aromatic N) is 3. The molecule has 8 heteroatoms. The second-order valence-electron chi connectivity index (χ2n) is 8.73. The summed E-state index contributed by atoms with van der Waals surface area (Å²) in [4.78, 5) is 49.1. The summed E-state index contributed by atoms with van der Waals surface area (Å²) < 4.78 is 14.1. The maximum Gasteiger partial charge on any atom is 0.257 e. The van der Waals surface area contributed by atoms with Gasteiger partial charge in [0.1, 0.15) is 11.6 Å². The molecular formula is C23H25FN4O3. The standard InChI is InChI=1S/C23H25FN4O3/c24-18-7-2-1-6-16(18)23(31)28-11-9-17-19(13-28)25-20(26-21(17)29)15-8-10-27(12-15)22(30)14-4-3-5-14/h1-2,6-7,14-15H,3-5,8-13H2,(H,25,26,29)/t15-/m1/s1. The number of rotatable bonds is 3. The molecule has 2 aliphatic heterocycles. The molecule has 0 spiro atoms. The van der Waals surface area contributed by atoms with Crippen molar-refractivity contribution in [1.82, 2.24) is 19.8 Å². The Labute approximate surface area is 179 Å². The number of nitrogens with one attached hydrogen (secondary N) is 1. The maximum absolute atomic E-state index is 14.1. The number of hydrogen-bond acceptors (Lipinski definition) is 4. The van der Waals surface area contributed by atoms with E-state index in [-0.39, 0.29) is 35.4 Å². The molecule has 162 valence electrons. The van der Waals surface area contributed by atoms with Crippen molar-refractivity contribution in [3.63, 3.8) is 0 Å². The van der Waals surface area contributed by atoms with Crippen molar-refractivity contribution in [3.05, 3.63) is 63.1 Å². The Kier molecular flexibility index (Phi) is 5.08. The molecule has 2 fully saturated rings. The first-order valence-corrected chi connectivity index (χ1v) is 11.0. The predicted molar refractivity (Wildman–Crippen MR) is 111 cm³/mol. The van der Waals surface area contributed by atoms with E-state index in [2.05, 4.69) is 4.98 Å². The van der Waals surface area contributed by atoms with Gasteiger partial charge in [0.2, 0.25) is 5.91 Å². The lowest BCUT2D eigenvalue weighted by molar-refractivity contribution is -0.137. The Morgan fingerprint density at radius 1 is 1.10 bits per heavy atom. The van der Waals surface area contributed by atoms with Crippen LogP contribution >= 0.6 is 0 Å². The number of H-pyrrole nitrogens is 1. The number of likely N-dealkylation sites (tertiary alicyclic amines) is 1. The summed E-state index contributed by atoms with van der Waals surface area (Å²) in [6.07, 6.45) is 4.21. The predicted octanol–water partition coefficient (Wildman–Crippen LogP) is 2.22. The lowest BCUT2D eigenvalue weighted by Gasteiger charge is -2.29. The quantitative estimate of drug-likeness (QED) is 0.819. The summed E-state index contributed by atoms with van der Waals surface area (Å²) in [7, 11) is 0. The molecule has 3 aliphatic rings. The van der Waals surface area contributed by atoms with Crippen molar-refractivity contribution in [1.29, 1.82) is 0 Å². The van der Waals surface area contributed by atoms with Crippen molar-refractivity contribution >= 4 is 11.8 Å². The smallest absolute Gasteiger partial charge is 0.257 e. The molecule has 1 N–H and O–H groups in total. The van der Waals surface area contributed by atoms with Crippen LogP contribution in [0, 0.1) is 11.7 Å². The van der Waals surface area contributed by atoms with E-state index in [0.29, 0.717) is 43.1 Å². The van der Waals surface area contributed by atoms with Gasteiger partial charge in [0, 0.05) is 37.0 Å². The molecular weight excluding hydrogens is 399 g/mol. The van der Waals surface area contributed by atoms with Gasteiger partial charge in [-0.2, -0.15) is 0 Å². The van der Waals surface area contributed by atoms with Gasteiger partial charge in [-0.25, -0.2) is 9.37 Å². The van der Waals surface area contributed by atoms with E-state index in [1.54, 1.807) is 12.1 Å². The number of aromatic amines is 1. The molecule has 3 heterocycles. The Balaban J connectivity index is 1.34. The number of aromatic nitrogens is 2. The monoisotopic (exact) mass is 424 g/mol. The zero-order chi connectivity index (χ0) is 21.5. The number of carbonyl (C=O) groups is 2. The van der Waals surface area contributed by atoms with E-state index in [0.717, 1.165) is 25.7 Å². The third-order valence-corrected chi connectivity index (χ3v) is 6.82. The van der Waals surface area contributed by atoms with Crippen molar-refractivity contribution in [3.8, 4) is 0 Å². The molecule has 2 aromatic rings. The fourth-order valence-corrected chi connectivity index (χ4v) is 4.73. The van der Waals surface area contributed by atoms with Crippen LogP contribution in [0.5, 0.6) is 0 Å². The molecule has 0 radical (unpaired) electrons. The molecule has 1 aliphatic carbocycles. The van der Waals surface area contributed by atoms with Crippen molar-refractivity contribution < 1.29 is 14.0 Å². The van der Waals surface area contributed by atoms with Gasteiger partial charge in [-0.3, -0.25) is 14.4 Å². The normalized spacial score (nSPS) is 21.0. The van der Waals surface area contributed by atoms with Crippen LogP contribution in [0.1, 0.15) is 59.0 Å². The molecule has 1 saturated carbocycles. The molecule has 5 rings (SSSR count). The van der Waals surface area contributed by atoms with Crippen molar-refractivity contribution in [2.45, 2.75) is 44.6 Å². The highest BCUT2D eigenvalue weighted by atomic mass is 19.1. The zero-order valence-electron chi connectivity index (χ0n) is 17.3. The van der Waals surface area contributed by atoms with Gasteiger partial charge >= 0.3 is 0 Å². The first-order chi connectivity index (χ1) is 15.0. The average molecular weight is 424 g/mol. The first-order valence-electron chi connectivity index (χ1n) is 11.0. The highest BCUT2D eigenvalue weighted by Crippen LogP contribution is 2.32. The molecule has 7 nitrogen and oxygen atoms in total. The average Bonchev–Trinajstić information content (AvgIpc) is 3.22. The van der Waals surface area contributed by atoms with Crippen molar-refractivity contribution in [2.75, 3.05) is 19.6 Å². The number of halogens is 1. The number of fused-ring (bicyclic) bond motifs is 1. The number of carbonyl (C=O) groups excluding carboxylic acids is 2. The zero-order valence-corrected chi connectivity index (χ0v) is 17.3. The van der Waals surface area contributed by atoms with Gasteiger partial charge in [0.05, 0.1) is 17.8 Å². The van der Waals surface area contributed by atoms with Gasteiger partial charge in [-0.1, -0.05) is 18.6 Å². The first kappa shape index (κ1) is 19.9. The van der Waals surface area contributed by atoms with E-state index in [9.17, 15) is 18.8 Å². The second-order valence-corrected chi connectivity index (χ2v) is 8.73. The van der Waals surface area contributed by atoms with Gasteiger partial charge in [0.25, 0.3) is 11.5 Å². The fraction of sp³-hybridized carbons (Fsp3) is 0.478. The second kappa shape index (κ2) is 7.90. The minimum atomic E-state index is -0.556. The number of amides is 2. The van der Waals surface area contributed by atoms with E-state index < -0.39 is 11.7 Å². The Hall–Kier alpha value is -3.03. The number of hydrogen-bond donors (Lipinski definition) is 1. The van der Waals surface area contributed by atoms with Gasteiger partial charge in [-0.05, 0) is 37.8 Å². The summed E-state index contributed by atoms with van der Waals surface area (Å²) in [5.74, 6) is -0.0129. The molecule has 31 heavy (non-hydrogen) atoms. The minimum Gasteiger partial charge on any atom is -0.342 e. The largest absolute Gasteiger partial charge is 0.342 e. The lowest BCUT2D eigenvalue weighted by Crippen LogP contribution is -2.40. The molecule has 1 atom stereocenters. The fourth-order valence-electron chi connectivity index (χ4n) is 4.73. The van der Waals surface area contributed by atoms with Crippen LogP contribution in [0.3, 0.4) is 0 Å². The lowest BCUT2D eigenvalue weighted by atomic mass is 9.84. The third-order valence-electron chi connectivity index (χ3n) is 6.82. The number of benzene rings is 1. The van der Waals surface area contributed by atoms with Crippen LogP contribution in [0.4, 0.5) is 4.39 Å². The highest BCUT2D eigenvalue weighted by Gasteiger charge is 2.35. The molecule has 0 bridgehead atoms. The van der Waals surface area contributed by atoms with E-state index >= 15 is 0 Å². The van der Waals surface area contributed by atoms with Gasteiger partial charge in [-0.15, -0.1) is 0 Å². The van der Waals surface area contributed by atoms with E-state index in [4.69, 9.17) is 4.98 Å². The molecule has 1 aromatic carbocycles. The van der Waals surface area contributed by atoms with E-state index in [1.165, 1.54) is 17.0 Å². The molecule has 1 saturated heterocycles. The van der Waals surface area contributed by atoms with E-state index in [1.807, 2.05) is 4.90 Å². The Bertz CT molecular complexity index is 1090. The Morgan fingerprint density at radius 2 is 1.90 bits per heavy atom. The van der Waals surface area contributed by atoms with Crippen LogP contribution in [0.15, 0.2) is 29.1 Å². The summed E-state index contributed by atoms with van der Waals surface area (Å²) in [5, 5.41) is 0. The summed E-state index contributed by atoms with van der Waals surface area (Å²) in [6, 6.07) is 5.91. The topological polar surface area (TPSA) is 86.4 Å². The van der Waals surface area contributed by atoms with Gasteiger partial charge in [0.15, 0.2) is 0 Å². The van der Waals surface area contributed by atoms with Crippen LogP contribution in [0.2, 0.25) is 0 Å². The van der Waals surface area contributed by atoms with Crippen LogP contribution in [0.25, 0.3) is 0 Å². The van der Waals surface area contributed by atoms with Gasteiger partial charge < -0.3 is 14.8 Å². The van der Waals surface area contributed by atoms with Crippen LogP contribution in [-0.4, -0.2) is 51.2 Å². The molecule has 0 unspecified atom stereocenters. The highest BCUT2D eigenvalue weighted by molar-refractivity contribution is 5.94. The molecule has 2 amide bonds. The maximum atomic E-state index is 14.1.